The molecule has 0 bridgehead atoms. The minimum absolute atomic E-state index is 0.0713. The van der Waals surface area contributed by atoms with Crippen LogP contribution in [-0.2, 0) is 14.3 Å². The van der Waals surface area contributed by atoms with Crippen LogP contribution in [-0.4, -0.2) is 67.4 Å². The van der Waals surface area contributed by atoms with E-state index in [1.807, 2.05) is 4.90 Å². The zero-order valence-corrected chi connectivity index (χ0v) is 14.3. The lowest BCUT2D eigenvalue weighted by atomic mass is 10.1. The Labute approximate surface area is 147 Å². The van der Waals surface area contributed by atoms with Gasteiger partial charge in [-0.2, -0.15) is 0 Å². The molecule has 0 aromatic heterocycles. The maximum Gasteiger partial charge on any atom is 0.337 e. The smallest absolute Gasteiger partial charge is 0.337 e. The van der Waals surface area contributed by atoms with E-state index in [-0.39, 0.29) is 18.4 Å². The zero-order chi connectivity index (χ0) is 18.2. The molecule has 1 aliphatic heterocycles. The molecule has 0 aliphatic carbocycles. The number of carbonyl (C=O) groups excluding carboxylic acids is 3. The number of methoxy groups -OCH3 is 1. The van der Waals surface area contributed by atoms with Crippen molar-refractivity contribution in [2.45, 2.75) is 6.42 Å². The largest absolute Gasteiger partial charge is 0.465 e. The van der Waals surface area contributed by atoms with Crippen molar-refractivity contribution >= 4 is 23.9 Å². The Balaban J connectivity index is 1.91. The van der Waals surface area contributed by atoms with Crippen molar-refractivity contribution in [1.29, 1.82) is 0 Å². The van der Waals surface area contributed by atoms with Crippen LogP contribution in [0.5, 0.6) is 0 Å². The molecule has 25 heavy (non-hydrogen) atoms. The Kier molecular flexibility index (Phi) is 6.71. The second-order valence-corrected chi connectivity index (χ2v) is 5.87. The van der Waals surface area contributed by atoms with Crippen molar-refractivity contribution in [2.24, 2.45) is 5.73 Å². The molecule has 1 aromatic carbocycles. The van der Waals surface area contributed by atoms with Gasteiger partial charge < -0.3 is 15.4 Å². The first-order valence-electron chi connectivity index (χ1n) is 8.15. The highest BCUT2D eigenvalue weighted by molar-refractivity contribution is 5.92. The Morgan fingerprint density at radius 3 is 2.48 bits per heavy atom. The number of nitrogens with zero attached hydrogens (tertiary/aromatic N) is 2. The van der Waals surface area contributed by atoms with E-state index in [2.05, 4.69) is 4.74 Å². The molecule has 1 saturated heterocycles. The van der Waals surface area contributed by atoms with Crippen LogP contribution < -0.4 is 5.73 Å². The van der Waals surface area contributed by atoms with Gasteiger partial charge >= 0.3 is 5.97 Å². The van der Waals surface area contributed by atoms with Crippen molar-refractivity contribution in [3.63, 3.8) is 0 Å². The van der Waals surface area contributed by atoms with Crippen LogP contribution in [0.1, 0.15) is 22.3 Å². The number of primary amides is 1. The summed E-state index contributed by atoms with van der Waals surface area (Å²) < 4.78 is 4.65. The van der Waals surface area contributed by atoms with Crippen molar-refractivity contribution in [1.82, 2.24) is 9.80 Å². The Morgan fingerprint density at radius 2 is 1.84 bits per heavy atom. The third-order valence-electron chi connectivity index (χ3n) is 4.03. The van der Waals surface area contributed by atoms with Crippen molar-refractivity contribution in [2.75, 3.05) is 39.8 Å². The maximum atomic E-state index is 12.3. The van der Waals surface area contributed by atoms with Gasteiger partial charge in [-0.05, 0) is 30.2 Å². The van der Waals surface area contributed by atoms with Crippen molar-refractivity contribution in [3.8, 4) is 0 Å². The lowest BCUT2D eigenvalue weighted by molar-refractivity contribution is -0.125. The SMILES string of the molecule is COC(=O)c1ccc(/C=C/C(=O)N2CCCN(CC(N)=O)CC2)cc1. The van der Waals surface area contributed by atoms with Gasteiger partial charge in [-0.15, -0.1) is 0 Å². The molecular formula is C18H23N3O4. The van der Waals surface area contributed by atoms with Gasteiger partial charge in [0.1, 0.15) is 0 Å². The number of ether oxygens (including phenoxy) is 1. The van der Waals surface area contributed by atoms with Crippen LogP contribution >= 0.6 is 0 Å². The summed E-state index contributed by atoms with van der Waals surface area (Å²) in [5, 5.41) is 0. The number of hydrogen-bond acceptors (Lipinski definition) is 5. The van der Waals surface area contributed by atoms with E-state index in [1.54, 1.807) is 35.2 Å². The van der Waals surface area contributed by atoms with Crippen LogP contribution in [0.3, 0.4) is 0 Å². The van der Waals surface area contributed by atoms with Crippen LogP contribution in [0.4, 0.5) is 0 Å². The number of carbonyl (C=O) groups is 3. The van der Waals surface area contributed by atoms with Crippen LogP contribution in [0.25, 0.3) is 6.08 Å². The third kappa shape index (κ3) is 5.72. The number of esters is 1. The third-order valence-corrected chi connectivity index (χ3v) is 4.03. The van der Waals surface area contributed by atoms with E-state index in [0.29, 0.717) is 25.2 Å². The van der Waals surface area contributed by atoms with E-state index in [0.717, 1.165) is 18.5 Å². The average Bonchev–Trinajstić information content (AvgIpc) is 2.84. The van der Waals surface area contributed by atoms with E-state index in [1.165, 1.54) is 13.2 Å². The fraction of sp³-hybridized carbons (Fsp3) is 0.389. The molecule has 0 spiro atoms. The molecule has 7 nitrogen and oxygen atoms in total. The van der Waals surface area contributed by atoms with E-state index in [9.17, 15) is 14.4 Å². The first kappa shape index (κ1) is 18.7. The number of amides is 2. The van der Waals surface area contributed by atoms with Gasteiger partial charge in [0.2, 0.25) is 11.8 Å². The highest BCUT2D eigenvalue weighted by atomic mass is 16.5. The maximum absolute atomic E-state index is 12.3. The standard InChI is InChI=1S/C18H23N3O4/c1-25-18(24)15-6-3-14(4-7-15)5-8-17(23)21-10-2-9-20(11-12-21)13-16(19)22/h3-8H,2,9-13H2,1H3,(H2,19,22)/b8-5+. The second-order valence-electron chi connectivity index (χ2n) is 5.87. The minimum Gasteiger partial charge on any atom is -0.465 e. The predicted octanol–water partition coefficient (Wildman–Crippen LogP) is 0.506. The molecular weight excluding hydrogens is 322 g/mol. The number of hydrogen-bond donors (Lipinski definition) is 1. The number of benzene rings is 1. The summed E-state index contributed by atoms with van der Waals surface area (Å²) in [7, 11) is 1.33. The highest BCUT2D eigenvalue weighted by Crippen LogP contribution is 2.09. The first-order valence-corrected chi connectivity index (χ1v) is 8.15. The molecule has 2 amide bonds. The summed E-state index contributed by atoms with van der Waals surface area (Å²) in [4.78, 5) is 38.4. The molecule has 1 fully saturated rings. The van der Waals surface area contributed by atoms with E-state index < -0.39 is 5.97 Å². The summed E-state index contributed by atoms with van der Waals surface area (Å²) in [6.07, 6.45) is 4.05. The molecule has 134 valence electrons. The lowest BCUT2D eigenvalue weighted by Crippen LogP contribution is -2.37. The quantitative estimate of drug-likeness (QED) is 0.620. The molecule has 0 saturated carbocycles. The van der Waals surface area contributed by atoms with E-state index in [4.69, 9.17) is 5.73 Å². The summed E-state index contributed by atoms with van der Waals surface area (Å²) in [6, 6.07) is 6.83. The van der Waals surface area contributed by atoms with Gasteiger partial charge in [0.05, 0.1) is 19.2 Å². The highest BCUT2D eigenvalue weighted by Gasteiger charge is 2.18. The summed E-state index contributed by atoms with van der Waals surface area (Å²) in [5.74, 6) is -0.815. The van der Waals surface area contributed by atoms with Gasteiger partial charge in [0, 0.05) is 32.3 Å². The first-order chi connectivity index (χ1) is 12.0. The van der Waals surface area contributed by atoms with Crippen LogP contribution in [0.15, 0.2) is 30.3 Å². The average molecular weight is 345 g/mol. The monoisotopic (exact) mass is 345 g/mol. The molecule has 2 rings (SSSR count). The zero-order valence-electron chi connectivity index (χ0n) is 14.3. The second kappa shape index (κ2) is 8.98. The molecule has 1 aliphatic rings. The lowest BCUT2D eigenvalue weighted by Gasteiger charge is -2.19. The molecule has 7 heteroatoms. The van der Waals surface area contributed by atoms with Crippen molar-refractivity contribution in [3.05, 3.63) is 41.5 Å². The van der Waals surface area contributed by atoms with E-state index >= 15 is 0 Å². The molecule has 0 unspecified atom stereocenters. The van der Waals surface area contributed by atoms with Gasteiger partial charge in [0.15, 0.2) is 0 Å². The molecule has 0 radical (unpaired) electrons. The normalized spacial score (nSPS) is 15.8. The molecule has 1 heterocycles. The van der Waals surface area contributed by atoms with Crippen LogP contribution in [0.2, 0.25) is 0 Å². The van der Waals surface area contributed by atoms with Crippen LogP contribution in [0, 0.1) is 0 Å². The predicted molar refractivity (Wildman–Crippen MR) is 93.6 cm³/mol. The minimum atomic E-state index is -0.392. The van der Waals surface area contributed by atoms with Crippen molar-refractivity contribution < 1.29 is 19.1 Å². The van der Waals surface area contributed by atoms with Gasteiger partial charge in [-0.3, -0.25) is 14.5 Å². The Bertz CT molecular complexity index is 655. The molecule has 1 aromatic rings. The van der Waals surface area contributed by atoms with Gasteiger partial charge in [-0.25, -0.2) is 4.79 Å². The summed E-state index contributed by atoms with van der Waals surface area (Å²) in [5.41, 5.74) is 6.51. The Hall–Kier alpha value is -2.67. The summed E-state index contributed by atoms with van der Waals surface area (Å²) >= 11 is 0. The van der Waals surface area contributed by atoms with Gasteiger partial charge in [0.25, 0.3) is 0 Å². The number of nitrogens with two attached hydrogens (primary N) is 1. The molecule has 0 atom stereocenters. The summed E-state index contributed by atoms with van der Waals surface area (Å²) in [6.45, 7) is 2.84. The van der Waals surface area contributed by atoms with Gasteiger partial charge in [-0.1, -0.05) is 12.1 Å². The topological polar surface area (TPSA) is 92.9 Å². The number of rotatable bonds is 5. The fourth-order valence-electron chi connectivity index (χ4n) is 2.69. The fourth-order valence-corrected chi connectivity index (χ4v) is 2.69. The Morgan fingerprint density at radius 1 is 1.12 bits per heavy atom. The molecule has 2 N–H and O–H groups in total.